The maximum atomic E-state index is 11.9. The molecule has 5 nitrogen and oxygen atoms in total. The number of rotatable bonds is 3. The zero-order valence-corrected chi connectivity index (χ0v) is 13.5. The molecule has 0 aliphatic carbocycles. The number of nitrogens with zero attached hydrogens (tertiary/aromatic N) is 3. The Morgan fingerprint density at radius 1 is 1.48 bits per heavy atom. The molecule has 0 bridgehead atoms. The molecule has 0 aromatic carbocycles. The molecule has 1 aliphatic rings. The molecule has 21 heavy (non-hydrogen) atoms. The molecule has 114 valence electrons. The monoisotopic (exact) mass is 327 g/mol. The first-order chi connectivity index (χ1) is 10.0. The van der Waals surface area contributed by atoms with Gasteiger partial charge in [-0.05, 0) is 31.4 Å². The van der Waals surface area contributed by atoms with E-state index in [9.17, 15) is 8.42 Å². The molecule has 1 unspecified atom stereocenters. The Morgan fingerprint density at radius 3 is 3.00 bits per heavy atom. The van der Waals surface area contributed by atoms with E-state index < -0.39 is 9.84 Å². The maximum absolute atomic E-state index is 11.9. The van der Waals surface area contributed by atoms with Crippen LogP contribution in [0, 0.1) is 6.92 Å². The van der Waals surface area contributed by atoms with Gasteiger partial charge in [0, 0.05) is 18.5 Å². The molecular formula is C14H18ClN3O2S. The molecule has 0 spiro atoms. The van der Waals surface area contributed by atoms with Gasteiger partial charge in [-0.2, -0.15) is 0 Å². The Bertz CT molecular complexity index is 770. The SMILES string of the molecule is Cc1ccnc2c1nc(CCCl)n2C1CCCS(=O)(=O)C1. The maximum Gasteiger partial charge on any atom is 0.160 e. The lowest BCUT2D eigenvalue weighted by Gasteiger charge is -2.25. The summed E-state index contributed by atoms with van der Waals surface area (Å²) in [7, 11) is -2.98. The summed E-state index contributed by atoms with van der Waals surface area (Å²) in [6.07, 6.45) is 3.90. The molecule has 3 heterocycles. The largest absolute Gasteiger partial charge is 0.309 e. The molecule has 1 saturated heterocycles. The molecule has 0 amide bonds. The number of pyridine rings is 1. The van der Waals surface area contributed by atoms with Crippen molar-refractivity contribution in [2.75, 3.05) is 17.4 Å². The molecule has 0 saturated carbocycles. The van der Waals surface area contributed by atoms with Gasteiger partial charge in [0.25, 0.3) is 0 Å². The lowest BCUT2D eigenvalue weighted by Crippen LogP contribution is -2.28. The molecular weight excluding hydrogens is 310 g/mol. The van der Waals surface area contributed by atoms with Gasteiger partial charge in [0.2, 0.25) is 0 Å². The predicted molar refractivity (Wildman–Crippen MR) is 83.6 cm³/mol. The van der Waals surface area contributed by atoms with E-state index in [1.54, 1.807) is 6.20 Å². The number of hydrogen-bond acceptors (Lipinski definition) is 4. The number of imidazole rings is 1. The smallest absolute Gasteiger partial charge is 0.160 e. The van der Waals surface area contributed by atoms with Gasteiger partial charge >= 0.3 is 0 Å². The van der Waals surface area contributed by atoms with Gasteiger partial charge in [0.05, 0.1) is 17.5 Å². The Hall–Kier alpha value is -1.14. The van der Waals surface area contributed by atoms with Gasteiger partial charge in [-0.1, -0.05) is 0 Å². The van der Waals surface area contributed by atoms with Crippen LogP contribution in [0.1, 0.15) is 30.3 Å². The third-order valence-electron chi connectivity index (χ3n) is 3.98. The number of alkyl halides is 1. The molecule has 2 aromatic heterocycles. The second-order valence-electron chi connectivity index (χ2n) is 5.55. The number of halogens is 1. The highest BCUT2D eigenvalue weighted by Crippen LogP contribution is 2.29. The summed E-state index contributed by atoms with van der Waals surface area (Å²) in [5.41, 5.74) is 2.67. The van der Waals surface area contributed by atoms with Crippen LogP contribution in [0.5, 0.6) is 0 Å². The van der Waals surface area contributed by atoms with Crippen molar-refractivity contribution in [3.05, 3.63) is 23.7 Å². The fourth-order valence-corrected chi connectivity index (χ4v) is 4.85. The summed E-state index contributed by atoms with van der Waals surface area (Å²) >= 11 is 5.88. The van der Waals surface area contributed by atoms with Gasteiger partial charge in [-0.15, -0.1) is 11.6 Å². The molecule has 1 fully saturated rings. The minimum absolute atomic E-state index is 0.0822. The van der Waals surface area contributed by atoms with E-state index in [0.29, 0.717) is 18.7 Å². The van der Waals surface area contributed by atoms with Crippen LogP contribution < -0.4 is 0 Å². The fourth-order valence-electron chi connectivity index (χ4n) is 3.00. The van der Waals surface area contributed by atoms with E-state index in [0.717, 1.165) is 29.0 Å². The first kappa shape index (κ1) is 14.8. The Morgan fingerprint density at radius 2 is 2.29 bits per heavy atom. The van der Waals surface area contributed by atoms with Crippen LogP contribution in [0.25, 0.3) is 11.2 Å². The first-order valence-electron chi connectivity index (χ1n) is 7.10. The summed E-state index contributed by atoms with van der Waals surface area (Å²) in [6.45, 7) is 1.99. The van der Waals surface area contributed by atoms with Crippen molar-refractivity contribution in [1.82, 2.24) is 14.5 Å². The summed E-state index contributed by atoms with van der Waals surface area (Å²) < 4.78 is 25.9. The van der Waals surface area contributed by atoms with Crippen molar-refractivity contribution >= 4 is 32.6 Å². The van der Waals surface area contributed by atoms with E-state index in [-0.39, 0.29) is 17.5 Å². The van der Waals surface area contributed by atoms with Crippen LogP contribution in [-0.4, -0.2) is 40.3 Å². The van der Waals surface area contributed by atoms with Gasteiger partial charge in [-0.25, -0.2) is 18.4 Å². The second-order valence-corrected chi connectivity index (χ2v) is 8.15. The van der Waals surface area contributed by atoms with Gasteiger partial charge in [-0.3, -0.25) is 0 Å². The minimum atomic E-state index is -2.98. The fraction of sp³-hybridized carbons (Fsp3) is 0.571. The lowest BCUT2D eigenvalue weighted by atomic mass is 10.1. The second kappa shape index (κ2) is 5.57. The van der Waals surface area contributed by atoms with E-state index in [1.807, 2.05) is 17.6 Å². The highest BCUT2D eigenvalue weighted by Gasteiger charge is 2.29. The van der Waals surface area contributed by atoms with E-state index in [2.05, 4.69) is 9.97 Å². The van der Waals surface area contributed by atoms with Crippen LogP contribution in [-0.2, 0) is 16.3 Å². The minimum Gasteiger partial charge on any atom is -0.309 e. The Balaban J connectivity index is 2.15. The molecule has 7 heteroatoms. The zero-order valence-electron chi connectivity index (χ0n) is 11.9. The average molecular weight is 328 g/mol. The van der Waals surface area contributed by atoms with Crippen molar-refractivity contribution < 1.29 is 8.42 Å². The molecule has 3 rings (SSSR count). The number of fused-ring (bicyclic) bond motifs is 1. The van der Waals surface area contributed by atoms with Crippen LogP contribution in [0.4, 0.5) is 0 Å². The normalized spacial score (nSPS) is 21.7. The van der Waals surface area contributed by atoms with E-state index in [4.69, 9.17) is 11.6 Å². The van der Waals surface area contributed by atoms with Crippen molar-refractivity contribution in [3.63, 3.8) is 0 Å². The van der Waals surface area contributed by atoms with Gasteiger partial charge < -0.3 is 4.57 Å². The van der Waals surface area contributed by atoms with Crippen molar-refractivity contribution in [1.29, 1.82) is 0 Å². The Kier molecular flexibility index (Phi) is 3.92. The Labute approximate surface area is 129 Å². The number of aryl methyl sites for hydroxylation is 2. The molecule has 1 aliphatic heterocycles. The van der Waals surface area contributed by atoms with E-state index in [1.165, 1.54) is 0 Å². The predicted octanol–water partition coefficient (Wildman–Crippen LogP) is 2.27. The summed E-state index contributed by atoms with van der Waals surface area (Å²) in [6, 6.07) is 1.84. The summed E-state index contributed by atoms with van der Waals surface area (Å²) in [5.74, 6) is 1.75. The number of hydrogen-bond donors (Lipinski definition) is 0. The average Bonchev–Trinajstić information content (AvgIpc) is 2.78. The third kappa shape index (κ3) is 2.79. The van der Waals surface area contributed by atoms with Crippen molar-refractivity contribution in [2.24, 2.45) is 0 Å². The van der Waals surface area contributed by atoms with Crippen LogP contribution >= 0.6 is 11.6 Å². The third-order valence-corrected chi connectivity index (χ3v) is 5.97. The highest BCUT2D eigenvalue weighted by molar-refractivity contribution is 7.91. The van der Waals surface area contributed by atoms with Crippen molar-refractivity contribution in [3.8, 4) is 0 Å². The zero-order chi connectivity index (χ0) is 15.0. The highest BCUT2D eigenvalue weighted by atomic mass is 35.5. The summed E-state index contributed by atoms with van der Waals surface area (Å²) in [4.78, 5) is 9.08. The van der Waals surface area contributed by atoms with Crippen LogP contribution in [0.2, 0.25) is 0 Å². The number of aromatic nitrogens is 3. The topological polar surface area (TPSA) is 64.8 Å². The number of sulfone groups is 1. The van der Waals surface area contributed by atoms with E-state index >= 15 is 0 Å². The van der Waals surface area contributed by atoms with Gasteiger partial charge in [0.1, 0.15) is 11.3 Å². The van der Waals surface area contributed by atoms with Gasteiger partial charge in [0.15, 0.2) is 15.5 Å². The molecule has 2 aromatic rings. The molecule has 0 radical (unpaired) electrons. The first-order valence-corrected chi connectivity index (χ1v) is 9.46. The molecule has 1 atom stereocenters. The van der Waals surface area contributed by atoms with Crippen LogP contribution in [0.15, 0.2) is 12.3 Å². The van der Waals surface area contributed by atoms with Crippen molar-refractivity contribution in [2.45, 2.75) is 32.2 Å². The quantitative estimate of drug-likeness (QED) is 0.811. The lowest BCUT2D eigenvalue weighted by molar-refractivity contribution is 0.466. The molecule has 0 N–H and O–H groups in total. The summed E-state index contributed by atoms with van der Waals surface area (Å²) in [5, 5.41) is 0. The standard InChI is InChI=1S/C14H18ClN3O2S/c1-10-5-7-16-14-13(10)17-12(4-6-15)18(14)11-3-2-8-21(19,20)9-11/h5,7,11H,2-4,6,8-9H2,1H3. The van der Waals surface area contributed by atoms with Crippen LogP contribution in [0.3, 0.4) is 0 Å².